The van der Waals surface area contributed by atoms with E-state index in [1.165, 1.54) is 38.5 Å². The van der Waals surface area contributed by atoms with Crippen molar-refractivity contribution in [3.63, 3.8) is 0 Å². The van der Waals surface area contributed by atoms with Gasteiger partial charge >= 0.3 is 6.09 Å². The first-order valence-corrected chi connectivity index (χ1v) is 9.65. The molecule has 2 rings (SSSR count). The van der Waals surface area contributed by atoms with Gasteiger partial charge in [-0.2, -0.15) is 0 Å². The highest BCUT2D eigenvalue weighted by atomic mass is 16.6. The van der Waals surface area contributed by atoms with Crippen molar-refractivity contribution in [2.75, 3.05) is 13.1 Å². The fraction of sp³-hybridized carbons (Fsp3) is 0.947. The minimum atomic E-state index is -0.405. The Morgan fingerprint density at radius 3 is 2.65 bits per heavy atom. The molecule has 3 atom stereocenters. The molecule has 0 spiro atoms. The standard InChI is InChI=1S/C19H36N2O2/c1-5-6-7-13-20-16-11-8-10-15(16)17-12-9-14-21(17)18(22)23-19(2,3)4/h15-17,20H,5-14H2,1-4H3. The molecule has 1 aliphatic heterocycles. The van der Waals surface area contributed by atoms with Gasteiger partial charge < -0.3 is 15.0 Å². The summed E-state index contributed by atoms with van der Waals surface area (Å²) in [5.41, 5.74) is -0.405. The second kappa shape index (κ2) is 8.36. The van der Waals surface area contributed by atoms with Gasteiger partial charge in [-0.1, -0.05) is 26.2 Å². The van der Waals surface area contributed by atoms with E-state index < -0.39 is 5.60 Å². The molecule has 1 aliphatic carbocycles. The lowest BCUT2D eigenvalue weighted by Crippen LogP contribution is -2.47. The van der Waals surface area contributed by atoms with Crippen molar-refractivity contribution < 1.29 is 9.53 Å². The van der Waals surface area contributed by atoms with E-state index in [9.17, 15) is 4.79 Å². The summed E-state index contributed by atoms with van der Waals surface area (Å²) in [5, 5.41) is 3.77. The van der Waals surface area contributed by atoms with Gasteiger partial charge in [-0.05, 0) is 65.3 Å². The Morgan fingerprint density at radius 1 is 1.17 bits per heavy atom. The molecule has 1 saturated carbocycles. The van der Waals surface area contributed by atoms with Crippen molar-refractivity contribution in [1.82, 2.24) is 10.2 Å². The van der Waals surface area contributed by atoms with Crippen LogP contribution in [0.2, 0.25) is 0 Å². The molecular weight excluding hydrogens is 288 g/mol. The van der Waals surface area contributed by atoms with E-state index in [-0.39, 0.29) is 6.09 Å². The molecule has 0 bridgehead atoms. The lowest BCUT2D eigenvalue weighted by Gasteiger charge is -2.34. The van der Waals surface area contributed by atoms with Gasteiger partial charge in [0.15, 0.2) is 0 Å². The zero-order valence-electron chi connectivity index (χ0n) is 15.6. The Hall–Kier alpha value is -0.770. The summed E-state index contributed by atoms with van der Waals surface area (Å²) in [7, 11) is 0. The lowest BCUT2D eigenvalue weighted by atomic mass is 9.92. The van der Waals surface area contributed by atoms with E-state index in [0.717, 1.165) is 25.9 Å². The van der Waals surface area contributed by atoms with Crippen LogP contribution in [0.5, 0.6) is 0 Å². The predicted molar refractivity (Wildman–Crippen MR) is 94.6 cm³/mol. The minimum absolute atomic E-state index is 0.114. The molecule has 2 aliphatic rings. The summed E-state index contributed by atoms with van der Waals surface area (Å²) in [5.74, 6) is 0.603. The Kier molecular flexibility index (Phi) is 6.75. The molecule has 0 radical (unpaired) electrons. The summed E-state index contributed by atoms with van der Waals surface area (Å²) in [4.78, 5) is 14.5. The Labute approximate surface area is 142 Å². The molecule has 23 heavy (non-hydrogen) atoms. The van der Waals surface area contributed by atoms with Crippen LogP contribution < -0.4 is 5.32 Å². The first-order chi connectivity index (χ1) is 10.9. The van der Waals surface area contributed by atoms with E-state index in [0.29, 0.717) is 18.0 Å². The predicted octanol–water partition coefficient (Wildman–Crippen LogP) is 4.33. The Morgan fingerprint density at radius 2 is 1.96 bits per heavy atom. The number of nitrogens with one attached hydrogen (secondary N) is 1. The normalized spacial score (nSPS) is 28.3. The fourth-order valence-corrected chi connectivity index (χ4v) is 4.15. The molecule has 1 heterocycles. The van der Waals surface area contributed by atoms with Crippen molar-refractivity contribution in [2.45, 2.75) is 96.7 Å². The van der Waals surface area contributed by atoms with Crippen LogP contribution in [0.3, 0.4) is 0 Å². The molecule has 1 N–H and O–H groups in total. The third-order valence-corrected chi connectivity index (χ3v) is 5.18. The zero-order valence-corrected chi connectivity index (χ0v) is 15.6. The highest BCUT2D eigenvalue weighted by Gasteiger charge is 2.41. The molecule has 0 aromatic rings. The number of ether oxygens (including phenoxy) is 1. The van der Waals surface area contributed by atoms with E-state index in [2.05, 4.69) is 12.2 Å². The van der Waals surface area contributed by atoms with Crippen LogP contribution in [-0.2, 0) is 4.74 Å². The molecule has 1 saturated heterocycles. The maximum atomic E-state index is 12.5. The van der Waals surface area contributed by atoms with Gasteiger partial charge in [0.05, 0.1) is 0 Å². The first kappa shape index (κ1) is 18.6. The largest absolute Gasteiger partial charge is 0.444 e. The second-order valence-electron chi connectivity index (χ2n) is 8.25. The number of hydrogen-bond donors (Lipinski definition) is 1. The summed E-state index contributed by atoms with van der Waals surface area (Å²) < 4.78 is 5.63. The van der Waals surface area contributed by atoms with Crippen LogP contribution in [0, 0.1) is 5.92 Å². The number of rotatable bonds is 6. The van der Waals surface area contributed by atoms with E-state index in [1.807, 2.05) is 25.7 Å². The van der Waals surface area contributed by atoms with Crippen molar-refractivity contribution in [2.24, 2.45) is 5.92 Å². The molecule has 0 aromatic heterocycles. The van der Waals surface area contributed by atoms with Crippen LogP contribution in [0.4, 0.5) is 4.79 Å². The molecule has 4 heteroatoms. The van der Waals surface area contributed by atoms with Gasteiger partial charge in [-0.3, -0.25) is 0 Å². The molecular formula is C19H36N2O2. The van der Waals surface area contributed by atoms with Crippen LogP contribution in [0.25, 0.3) is 0 Å². The van der Waals surface area contributed by atoms with Gasteiger partial charge in [-0.25, -0.2) is 4.79 Å². The third kappa shape index (κ3) is 5.37. The van der Waals surface area contributed by atoms with Crippen molar-refractivity contribution in [3.05, 3.63) is 0 Å². The average molecular weight is 325 g/mol. The zero-order chi connectivity index (χ0) is 16.9. The lowest BCUT2D eigenvalue weighted by molar-refractivity contribution is 0.0167. The van der Waals surface area contributed by atoms with Crippen molar-refractivity contribution >= 4 is 6.09 Å². The molecule has 134 valence electrons. The minimum Gasteiger partial charge on any atom is -0.444 e. The topological polar surface area (TPSA) is 41.6 Å². The van der Waals surface area contributed by atoms with Crippen LogP contribution in [-0.4, -0.2) is 41.8 Å². The number of carbonyl (C=O) groups excluding carboxylic acids is 1. The quantitative estimate of drug-likeness (QED) is 0.739. The van der Waals surface area contributed by atoms with Gasteiger partial charge in [0.25, 0.3) is 0 Å². The van der Waals surface area contributed by atoms with Gasteiger partial charge in [0.1, 0.15) is 5.60 Å². The number of amides is 1. The molecule has 2 fully saturated rings. The van der Waals surface area contributed by atoms with Crippen molar-refractivity contribution in [1.29, 1.82) is 0 Å². The van der Waals surface area contributed by atoms with Crippen LogP contribution in [0.15, 0.2) is 0 Å². The first-order valence-electron chi connectivity index (χ1n) is 9.65. The summed E-state index contributed by atoms with van der Waals surface area (Å²) in [6, 6.07) is 0.955. The Balaban J connectivity index is 1.91. The molecule has 1 amide bonds. The third-order valence-electron chi connectivity index (χ3n) is 5.18. The number of likely N-dealkylation sites (tertiary alicyclic amines) is 1. The second-order valence-corrected chi connectivity index (χ2v) is 8.25. The van der Waals surface area contributed by atoms with E-state index >= 15 is 0 Å². The number of carbonyl (C=O) groups is 1. The van der Waals surface area contributed by atoms with Crippen LogP contribution >= 0.6 is 0 Å². The van der Waals surface area contributed by atoms with E-state index in [1.54, 1.807) is 0 Å². The smallest absolute Gasteiger partial charge is 0.410 e. The molecule has 3 unspecified atom stereocenters. The SMILES string of the molecule is CCCCCNC1CCCC1C1CCCN1C(=O)OC(C)(C)C. The van der Waals surface area contributed by atoms with Crippen LogP contribution in [0.1, 0.15) is 79.1 Å². The number of hydrogen-bond acceptors (Lipinski definition) is 3. The summed E-state index contributed by atoms with van der Waals surface area (Å²) in [6.07, 6.45) is 9.76. The van der Waals surface area contributed by atoms with Gasteiger partial charge in [0, 0.05) is 18.6 Å². The monoisotopic (exact) mass is 324 g/mol. The highest BCUT2D eigenvalue weighted by Crippen LogP contribution is 2.36. The summed E-state index contributed by atoms with van der Waals surface area (Å²) >= 11 is 0. The molecule has 4 nitrogen and oxygen atoms in total. The Bertz CT molecular complexity index is 378. The number of unbranched alkanes of at least 4 members (excludes halogenated alkanes) is 2. The van der Waals surface area contributed by atoms with E-state index in [4.69, 9.17) is 4.74 Å². The fourth-order valence-electron chi connectivity index (χ4n) is 4.15. The maximum Gasteiger partial charge on any atom is 0.410 e. The van der Waals surface area contributed by atoms with Gasteiger partial charge in [0.2, 0.25) is 0 Å². The van der Waals surface area contributed by atoms with Gasteiger partial charge in [-0.15, -0.1) is 0 Å². The molecule has 0 aromatic carbocycles. The maximum absolute atomic E-state index is 12.5. The average Bonchev–Trinajstić information content (AvgIpc) is 3.09. The summed E-state index contributed by atoms with van der Waals surface area (Å²) in [6.45, 7) is 10.1. The van der Waals surface area contributed by atoms with Crippen molar-refractivity contribution in [3.8, 4) is 0 Å². The highest BCUT2D eigenvalue weighted by molar-refractivity contribution is 5.69. The number of nitrogens with zero attached hydrogens (tertiary/aromatic N) is 1.